The summed E-state index contributed by atoms with van der Waals surface area (Å²) in [5.41, 5.74) is 2.47. The Balaban J connectivity index is 2.08. The summed E-state index contributed by atoms with van der Waals surface area (Å²) in [6.45, 7) is 2.40. The molecule has 1 amide bonds. The van der Waals surface area contributed by atoms with Crippen LogP contribution >= 0.6 is 0 Å². The third kappa shape index (κ3) is 2.37. The minimum absolute atomic E-state index is 0.0560. The maximum atomic E-state index is 11.0. The average Bonchev–Trinajstić information content (AvgIpc) is 2.63. The van der Waals surface area contributed by atoms with E-state index >= 15 is 0 Å². The van der Waals surface area contributed by atoms with Crippen LogP contribution in [0.4, 0.5) is 11.6 Å². The molecule has 2 heterocycles. The summed E-state index contributed by atoms with van der Waals surface area (Å²) >= 11 is 0. The number of nitrogens with one attached hydrogen (secondary N) is 3. The quantitative estimate of drug-likeness (QED) is 0.401. The van der Waals surface area contributed by atoms with Gasteiger partial charge in [-0.3, -0.25) is 4.79 Å². The molecule has 2 rings (SSSR count). The number of nitrogens with two attached hydrogens (primary N) is 1. The average molecular weight is 222 g/mol. The lowest BCUT2D eigenvalue weighted by Crippen LogP contribution is -2.23. The monoisotopic (exact) mass is 222 g/mol. The molecule has 0 aliphatic carbocycles. The molecule has 1 aliphatic heterocycles. The van der Waals surface area contributed by atoms with E-state index in [1.54, 1.807) is 13.0 Å². The zero-order chi connectivity index (χ0) is 11.5. The van der Waals surface area contributed by atoms with Gasteiger partial charge in [0.05, 0.1) is 6.04 Å². The third-order valence-corrected chi connectivity index (χ3v) is 2.32. The second kappa shape index (κ2) is 4.31. The lowest BCUT2D eigenvalue weighted by Gasteiger charge is -2.12. The molecule has 0 spiro atoms. The second-order valence-electron chi connectivity index (χ2n) is 3.68. The van der Waals surface area contributed by atoms with Gasteiger partial charge < -0.3 is 16.1 Å². The van der Waals surface area contributed by atoms with E-state index in [2.05, 4.69) is 26.0 Å². The zero-order valence-electron chi connectivity index (χ0n) is 8.95. The normalized spacial score (nSPS) is 19.4. The van der Waals surface area contributed by atoms with Gasteiger partial charge in [0.25, 0.3) is 0 Å². The first-order valence-corrected chi connectivity index (χ1v) is 5.03. The molecule has 1 saturated heterocycles. The van der Waals surface area contributed by atoms with Crippen molar-refractivity contribution in [1.82, 2.24) is 15.3 Å². The first kappa shape index (κ1) is 10.6. The van der Waals surface area contributed by atoms with Crippen LogP contribution in [0.3, 0.4) is 0 Å². The number of aromatic nitrogens is 2. The molecule has 1 aromatic rings. The summed E-state index contributed by atoms with van der Waals surface area (Å²) in [4.78, 5) is 19.3. The van der Waals surface area contributed by atoms with Gasteiger partial charge >= 0.3 is 0 Å². The maximum Gasteiger partial charge on any atom is 0.222 e. The van der Waals surface area contributed by atoms with Crippen molar-refractivity contribution < 1.29 is 4.79 Å². The van der Waals surface area contributed by atoms with Gasteiger partial charge in [-0.25, -0.2) is 15.8 Å². The van der Waals surface area contributed by atoms with E-state index in [9.17, 15) is 4.79 Å². The van der Waals surface area contributed by atoms with Crippen LogP contribution in [0.2, 0.25) is 0 Å². The number of anilines is 2. The molecule has 0 bridgehead atoms. The smallest absolute Gasteiger partial charge is 0.222 e. The van der Waals surface area contributed by atoms with Gasteiger partial charge in [0.1, 0.15) is 17.5 Å². The van der Waals surface area contributed by atoms with Gasteiger partial charge in [-0.15, -0.1) is 0 Å². The Kier molecular flexibility index (Phi) is 2.86. The molecule has 0 radical (unpaired) electrons. The number of nitrogen functional groups attached to an aromatic ring is 1. The number of rotatable bonds is 3. The molecule has 1 fully saturated rings. The Morgan fingerprint density at radius 3 is 2.88 bits per heavy atom. The molecule has 7 heteroatoms. The highest BCUT2D eigenvalue weighted by molar-refractivity contribution is 5.79. The van der Waals surface area contributed by atoms with E-state index in [1.807, 2.05) is 0 Å². The lowest BCUT2D eigenvalue weighted by molar-refractivity contribution is -0.119. The van der Waals surface area contributed by atoms with E-state index in [-0.39, 0.29) is 11.9 Å². The van der Waals surface area contributed by atoms with Crippen molar-refractivity contribution in [3.63, 3.8) is 0 Å². The minimum Gasteiger partial charge on any atom is -0.365 e. The van der Waals surface area contributed by atoms with Gasteiger partial charge in [-0.1, -0.05) is 0 Å². The number of hydrogen-bond acceptors (Lipinski definition) is 6. The SMILES string of the molecule is Cc1nc(NN)cc(NC2CNC(=O)C2)n1. The molecular formula is C9H14N6O. The Hall–Kier alpha value is -1.89. The topological polar surface area (TPSA) is 105 Å². The molecule has 1 unspecified atom stereocenters. The van der Waals surface area contributed by atoms with Crippen molar-refractivity contribution in [3.05, 3.63) is 11.9 Å². The van der Waals surface area contributed by atoms with Crippen LogP contribution in [0.1, 0.15) is 12.2 Å². The summed E-state index contributed by atoms with van der Waals surface area (Å²) in [5.74, 6) is 7.18. The molecule has 1 aromatic heterocycles. The molecule has 5 N–H and O–H groups in total. The fraction of sp³-hybridized carbons (Fsp3) is 0.444. The van der Waals surface area contributed by atoms with Crippen LogP contribution in [-0.2, 0) is 4.79 Å². The van der Waals surface area contributed by atoms with Crippen LogP contribution in [-0.4, -0.2) is 28.5 Å². The van der Waals surface area contributed by atoms with Crippen molar-refractivity contribution in [1.29, 1.82) is 0 Å². The van der Waals surface area contributed by atoms with E-state index < -0.39 is 0 Å². The van der Waals surface area contributed by atoms with E-state index in [4.69, 9.17) is 5.84 Å². The molecule has 7 nitrogen and oxygen atoms in total. The van der Waals surface area contributed by atoms with Crippen molar-refractivity contribution in [2.75, 3.05) is 17.3 Å². The number of hydrogen-bond donors (Lipinski definition) is 4. The van der Waals surface area contributed by atoms with Gasteiger partial charge in [0, 0.05) is 19.0 Å². The molecule has 1 atom stereocenters. The third-order valence-electron chi connectivity index (χ3n) is 2.32. The highest BCUT2D eigenvalue weighted by Crippen LogP contribution is 2.13. The van der Waals surface area contributed by atoms with Crippen molar-refractivity contribution in [2.24, 2.45) is 5.84 Å². The molecule has 0 saturated carbocycles. The fourth-order valence-electron chi connectivity index (χ4n) is 1.63. The number of amides is 1. The number of aryl methyl sites for hydroxylation is 1. The Morgan fingerprint density at radius 1 is 1.50 bits per heavy atom. The largest absolute Gasteiger partial charge is 0.365 e. The Bertz CT molecular complexity index is 407. The zero-order valence-corrected chi connectivity index (χ0v) is 8.95. The van der Waals surface area contributed by atoms with Crippen molar-refractivity contribution >= 4 is 17.5 Å². The van der Waals surface area contributed by atoms with E-state index in [1.165, 1.54) is 0 Å². The van der Waals surface area contributed by atoms with Crippen LogP contribution in [0, 0.1) is 6.92 Å². The van der Waals surface area contributed by atoms with Crippen LogP contribution in [0.15, 0.2) is 6.07 Å². The number of nitrogens with zero attached hydrogens (tertiary/aromatic N) is 2. The van der Waals surface area contributed by atoms with Gasteiger partial charge in [0.15, 0.2) is 0 Å². The lowest BCUT2D eigenvalue weighted by atomic mass is 10.2. The predicted molar refractivity (Wildman–Crippen MR) is 59.6 cm³/mol. The molecule has 1 aliphatic rings. The maximum absolute atomic E-state index is 11.0. The summed E-state index contributed by atoms with van der Waals surface area (Å²) in [6, 6.07) is 1.78. The number of carbonyl (C=O) groups is 1. The summed E-state index contributed by atoms with van der Waals surface area (Å²) < 4.78 is 0. The van der Waals surface area contributed by atoms with Crippen LogP contribution < -0.4 is 21.9 Å². The number of hydrazine groups is 1. The van der Waals surface area contributed by atoms with Crippen molar-refractivity contribution in [3.8, 4) is 0 Å². The highest BCUT2D eigenvalue weighted by Gasteiger charge is 2.21. The first-order valence-electron chi connectivity index (χ1n) is 5.03. The van der Waals surface area contributed by atoms with Crippen LogP contribution in [0.25, 0.3) is 0 Å². The summed E-state index contributed by atoms with van der Waals surface area (Å²) in [7, 11) is 0. The second-order valence-corrected chi connectivity index (χ2v) is 3.68. The van der Waals surface area contributed by atoms with Crippen molar-refractivity contribution in [2.45, 2.75) is 19.4 Å². The van der Waals surface area contributed by atoms with E-state index in [0.29, 0.717) is 30.4 Å². The van der Waals surface area contributed by atoms with E-state index in [0.717, 1.165) is 0 Å². The van der Waals surface area contributed by atoms with Crippen LogP contribution in [0.5, 0.6) is 0 Å². The summed E-state index contributed by atoms with van der Waals surface area (Å²) in [6.07, 6.45) is 0.467. The first-order chi connectivity index (χ1) is 7.67. The summed E-state index contributed by atoms with van der Waals surface area (Å²) in [5, 5.41) is 5.90. The fourth-order valence-corrected chi connectivity index (χ4v) is 1.63. The molecule has 0 aromatic carbocycles. The standard InChI is InChI=1S/C9H14N6O/c1-5-12-7(3-8(13-5)15-10)14-6-2-9(16)11-4-6/h3,6H,2,4,10H2,1H3,(H,11,16)(H2,12,13,14,15). The Morgan fingerprint density at radius 2 is 2.25 bits per heavy atom. The molecule has 16 heavy (non-hydrogen) atoms. The van der Waals surface area contributed by atoms with Gasteiger partial charge in [-0.2, -0.15) is 0 Å². The minimum atomic E-state index is 0.0560. The van der Waals surface area contributed by atoms with Gasteiger partial charge in [-0.05, 0) is 6.92 Å². The number of carbonyl (C=O) groups excluding carboxylic acids is 1. The highest BCUT2D eigenvalue weighted by atomic mass is 16.1. The molecular weight excluding hydrogens is 208 g/mol. The Labute approximate surface area is 92.8 Å². The van der Waals surface area contributed by atoms with Gasteiger partial charge in [0.2, 0.25) is 5.91 Å². The predicted octanol–water partition coefficient (Wildman–Crippen LogP) is -0.629. The molecule has 86 valence electrons.